The number of carbonyl (C=O) groups is 2. The van der Waals surface area contributed by atoms with Gasteiger partial charge in [0, 0.05) is 36.3 Å². The summed E-state index contributed by atoms with van der Waals surface area (Å²) in [4.78, 5) is 30.6. The van der Waals surface area contributed by atoms with E-state index in [1.165, 1.54) is 0 Å². The maximum Gasteiger partial charge on any atom is 0.326 e. The zero-order valence-electron chi connectivity index (χ0n) is 14.4. The molecule has 0 aliphatic carbocycles. The molecule has 3 amide bonds. The number of thioether (sulfide) groups is 1. The minimum Gasteiger partial charge on any atom is -0.355 e. The Hall–Kier alpha value is -2.54. The lowest BCUT2D eigenvalue weighted by Crippen LogP contribution is -2.39. The van der Waals surface area contributed by atoms with Crippen molar-refractivity contribution in [2.75, 3.05) is 29.6 Å². The molecule has 2 aromatic rings. The SMILES string of the molecule is CNC(=O)c1ccc(NC(=O)N2CCSc3nc(C)cc(C)c32)cc1. The van der Waals surface area contributed by atoms with Crippen LogP contribution >= 0.6 is 11.8 Å². The minimum absolute atomic E-state index is 0.156. The van der Waals surface area contributed by atoms with Gasteiger partial charge >= 0.3 is 6.03 Å². The molecule has 25 heavy (non-hydrogen) atoms. The summed E-state index contributed by atoms with van der Waals surface area (Å²) in [5.41, 5.74) is 4.07. The fourth-order valence-electron chi connectivity index (χ4n) is 2.81. The number of nitrogens with one attached hydrogen (secondary N) is 2. The molecule has 0 spiro atoms. The lowest BCUT2D eigenvalue weighted by molar-refractivity contribution is 0.0963. The number of aromatic nitrogens is 1. The number of rotatable bonds is 2. The second-order valence-electron chi connectivity index (χ2n) is 5.82. The van der Waals surface area contributed by atoms with E-state index in [1.807, 2.05) is 19.9 Å². The average Bonchev–Trinajstić information content (AvgIpc) is 2.60. The van der Waals surface area contributed by atoms with E-state index < -0.39 is 0 Å². The average molecular weight is 356 g/mol. The molecule has 0 atom stereocenters. The molecule has 130 valence electrons. The predicted octanol–water partition coefficient (Wildman–Crippen LogP) is 3.20. The molecular weight excluding hydrogens is 336 g/mol. The summed E-state index contributed by atoms with van der Waals surface area (Å²) in [5.74, 6) is 0.656. The summed E-state index contributed by atoms with van der Waals surface area (Å²) in [7, 11) is 1.59. The van der Waals surface area contributed by atoms with Crippen LogP contribution in [-0.4, -0.2) is 36.3 Å². The van der Waals surface area contributed by atoms with Crippen LogP contribution in [0.15, 0.2) is 35.4 Å². The molecule has 1 aliphatic rings. The second-order valence-corrected chi connectivity index (χ2v) is 6.90. The molecule has 0 bridgehead atoms. The van der Waals surface area contributed by atoms with Crippen LogP contribution in [0.3, 0.4) is 0 Å². The molecule has 2 heterocycles. The first-order chi connectivity index (χ1) is 12.0. The van der Waals surface area contributed by atoms with Gasteiger partial charge in [-0.05, 0) is 49.7 Å². The smallest absolute Gasteiger partial charge is 0.326 e. The lowest BCUT2D eigenvalue weighted by atomic mass is 10.2. The van der Waals surface area contributed by atoms with Crippen molar-refractivity contribution in [3.63, 3.8) is 0 Å². The predicted molar refractivity (Wildman–Crippen MR) is 101 cm³/mol. The van der Waals surface area contributed by atoms with Crippen LogP contribution in [-0.2, 0) is 0 Å². The summed E-state index contributed by atoms with van der Waals surface area (Å²) in [5, 5.41) is 6.37. The van der Waals surface area contributed by atoms with E-state index >= 15 is 0 Å². The zero-order valence-corrected chi connectivity index (χ0v) is 15.2. The van der Waals surface area contributed by atoms with Crippen LogP contribution in [0.1, 0.15) is 21.6 Å². The third-order valence-electron chi connectivity index (χ3n) is 3.97. The molecule has 1 aromatic heterocycles. The maximum absolute atomic E-state index is 12.7. The molecule has 0 saturated heterocycles. The Morgan fingerprint density at radius 2 is 1.92 bits per heavy atom. The number of pyridine rings is 1. The van der Waals surface area contributed by atoms with Crippen LogP contribution in [0.25, 0.3) is 0 Å². The van der Waals surface area contributed by atoms with Crippen molar-refractivity contribution >= 4 is 35.1 Å². The summed E-state index contributed by atoms with van der Waals surface area (Å²) in [6.45, 7) is 4.59. The van der Waals surface area contributed by atoms with Crippen LogP contribution in [0.2, 0.25) is 0 Å². The summed E-state index contributed by atoms with van der Waals surface area (Å²) >= 11 is 1.67. The largest absolute Gasteiger partial charge is 0.355 e. The number of urea groups is 1. The monoisotopic (exact) mass is 356 g/mol. The normalized spacial score (nSPS) is 13.2. The van der Waals surface area contributed by atoms with Crippen molar-refractivity contribution < 1.29 is 9.59 Å². The molecule has 0 radical (unpaired) electrons. The van der Waals surface area contributed by atoms with Crippen LogP contribution in [0, 0.1) is 13.8 Å². The van der Waals surface area contributed by atoms with Crippen molar-refractivity contribution in [3.05, 3.63) is 47.2 Å². The van der Waals surface area contributed by atoms with Gasteiger partial charge in [-0.2, -0.15) is 0 Å². The van der Waals surface area contributed by atoms with E-state index in [0.29, 0.717) is 17.8 Å². The molecule has 6 nitrogen and oxygen atoms in total. The molecule has 7 heteroatoms. The van der Waals surface area contributed by atoms with Gasteiger partial charge in [0.2, 0.25) is 0 Å². The van der Waals surface area contributed by atoms with Gasteiger partial charge < -0.3 is 10.6 Å². The van der Waals surface area contributed by atoms with E-state index in [2.05, 4.69) is 15.6 Å². The summed E-state index contributed by atoms with van der Waals surface area (Å²) in [6.07, 6.45) is 0. The Labute approximate surface area is 151 Å². The molecule has 0 saturated carbocycles. The van der Waals surface area contributed by atoms with E-state index in [4.69, 9.17) is 0 Å². The Kier molecular flexibility index (Phi) is 4.94. The van der Waals surface area contributed by atoms with Gasteiger partial charge in [0.25, 0.3) is 5.91 Å². The highest BCUT2D eigenvalue weighted by Gasteiger charge is 2.26. The number of amides is 3. The lowest BCUT2D eigenvalue weighted by Gasteiger charge is -2.30. The van der Waals surface area contributed by atoms with Gasteiger partial charge in [-0.25, -0.2) is 9.78 Å². The van der Waals surface area contributed by atoms with Crippen LogP contribution in [0.5, 0.6) is 0 Å². The highest BCUT2D eigenvalue weighted by atomic mass is 32.2. The van der Waals surface area contributed by atoms with E-state index in [1.54, 1.807) is 48.0 Å². The van der Waals surface area contributed by atoms with Crippen LogP contribution in [0.4, 0.5) is 16.2 Å². The number of benzene rings is 1. The second kappa shape index (κ2) is 7.14. The van der Waals surface area contributed by atoms with Gasteiger partial charge in [-0.15, -0.1) is 11.8 Å². The number of hydrogen-bond donors (Lipinski definition) is 2. The number of anilines is 2. The van der Waals surface area contributed by atoms with E-state index in [0.717, 1.165) is 27.7 Å². The standard InChI is InChI=1S/C18H20N4O2S/c1-11-10-12(2)20-17-15(11)22(8-9-25-17)18(24)21-14-6-4-13(5-7-14)16(23)19-3/h4-7,10H,8-9H2,1-3H3,(H,19,23)(H,21,24). The number of carbonyl (C=O) groups excluding carboxylic acids is 2. The quantitative estimate of drug-likeness (QED) is 0.866. The number of hydrogen-bond acceptors (Lipinski definition) is 4. The van der Waals surface area contributed by atoms with Crippen molar-refractivity contribution in [3.8, 4) is 0 Å². The van der Waals surface area contributed by atoms with Crippen molar-refractivity contribution in [1.82, 2.24) is 10.3 Å². The molecule has 1 aromatic carbocycles. The summed E-state index contributed by atoms with van der Waals surface area (Å²) < 4.78 is 0. The minimum atomic E-state index is -0.192. The van der Waals surface area contributed by atoms with Gasteiger partial charge in [0.15, 0.2) is 0 Å². The molecule has 1 aliphatic heterocycles. The molecule has 0 unspecified atom stereocenters. The molecule has 3 rings (SSSR count). The number of aryl methyl sites for hydroxylation is 2. The van der Waals surface area contributed by atoms with Crippen molar-refractivity contribution in [2.45, 2.75) is 18.9 Å². The van der Waals surface area contributed by atoms with Gasteiger partial charge in [0.1, 0.15) is 5.03 Å². The molecular formula is C18H20N4O2S. The van der Waals surface area contributed by atoms with E-state index in [-0.39, 0.29) is 11.9 Å². The first kappa shape index (κ1) is 17.3. The fraction of sp³-hybridized carbons (Fsp3) is 0.278. The Morgan fingerprint density at radius 1 is 1.20 bits per heavy atom. The maximum atomic E-state index is 12.7. The third kappa shape index (κ3) is 3.61. The first-order valence-electron chi connectivity index (χ1n) is 8.01. The highest BCUT2D eigenvalue weighted by Crippen LogP contribution is 2.36. The first-order valence-corrected chi connectivity index (χ1v) is 9.00. The highest BCUT2D eigenvalue weighted by molar-refractivity contribution is 7.99. The number of nitrogens with zero attached hydrogens (tertiary/aromatic N) is 2. The van der Waals surface area contributed by atoms with Crippen molar-refractivity contribution in [1.29, 1.82) is 0 Å². The summed E-state index contributed by atoms with van der Waals surface area (Å²) in [6, 6.07) is 8.62. The van der Waals surface area contributed by atoms with Crippen molar-refractivity contribution in [2.24, 2.45) is 0 Å². The van der Waals surface area contributed by atoms with Gasteiger partial charge in [0.05, 0.1) is 5.69 Å². The molecule has 2 N–H and O–H groups in total. The number of fused-ring (bicyclic) bond motifs is 1. The zero-order chi connectivity index (χ0) is 18.0. The topological polar surface area (TPSA) is 74.3 Å². The van der Waals surface area contributed by atoms with E-state index in [9.17, 15) is 9.59 Å². The molecule has 0 fully saturated rings. The Balaban J connectivity index is 1.80. The fourth-order valence-corrected chi connectivity index (χ4v) is 3.90. The van der Waals surface area contributed by atoms with Gasteiger partial charge in [-0.3, -0.25) is 9.69 Å². The van der Waals surface area contributed by atoms with Crippen LogP contribution < -0.4 is 15.5 Å². The Morgan fingerprint density at radius 3 is 2.60 bits per heavy atom. The third-order valence-corrected chi connectivity index (χ3v) is 4.92. The van der Waals surface area contributed by atoms with Gasteiger partial charge in [-0.1, -0.05) is 0 Å². The Bertz CT molecular complexity index is 821.